The molecule has 0 spiro atoms. The van der Waals surface area contributed by atoms with Crippen molar-refractivity contribution in [1.82, 2.24) is 0 Å². The number of nitrogens with zero attached hydrogens (tertiary/aromatic N) is 2. The molecule has 2 aromatic carbocycles. The van der Waals surface area contributed by atoms with Gasteiger partial charge >= 0.3 is 0 Å². The fourth-order valence-electron chi connectivity index (χ4n) is 3.49. The lowest BCUT2D eigenvalue weighted by Gasteiger charge is -2.20. The smallest absolute Gasteiger partial charge is 0.161 e. The third kappa shape index (κ3) is 3.42. The molecule has 0 saturated heterocycles. The van der Waals surface area contributed by atoms with Crippen LogP contribution in [0.25, 0.3) is 0 Å². The minimum absolute atomic E-state index is 0.0659. The predicted molar refractivity (Wildman–Crippen MR) is 111 cm³/mol. The van der Waals surface area contributed by atoms with Gasteiger partial charge in [-0.15, -0.1) is 5.10 Å². The van der Waals surface area contributed by atoms with Gasteiger partial charge in [-0.1, -0.05) is 6.92 Å². The van der Waals surface area contributed by atoms with Crippen LogP contribution in [0.4, 0.5) is 0 Å². The minimum atomic E-state index is -2.58. The molecular formula is C22H26N2O4. The molecule has 0 amide bonds. The summed E-state index contributed by atoms with van der Waals surface area (Å²) in [6.45, 7) is 4.05. The fraction of sp³-hybridized carbons (Fsp3) is 0.364. The van der Waals surface area contributed by atoms with Gasteiger partial charge in [0.05, 0.1) is 32.5 Å². The first-order valence-corrected chi connectivity index (χ1v) is 8.98. The number of hydrogen-bond acceptors (Lipinski definition) is 6. The molecule has 1 aliphatic rings. The second-order valence-electron chi connectivity index (χ2n) is 6.41. The van der Waals surface area contributed by atoms with E-state index in [0.29, 0.717) is 22.8 Å². The standard InChI is InChI=1S/C22H26N2O4/c1-7-15-13(2)23-24-22(14-8-9-18(25-3)19(10-14)26-4)17-12-21(28-6)20(27-5)11-16(15)17/h8-12,15H,7H2,1-6H3/i3D3. The van der Waals surface area contributed by atoms with E-state index in [-0.39, 0.29) is 17.4 Å². The zero-order valence-electron chi connectivity index (χ0n) is 19.7. The topological polar surface area (TPSA) is 61.6 Å². The van der Waals surface area contributed by atoms with Crippen molar-refractivity contribution in [3.05, 3.63) is 47.0 Å². The Morgan fingerprint density at radius 3 is 2.21 bits per heavy atom. The molecule has 1 aliphatic heterocycles. The first-order chi connectivity index (χ1) is 14.7. The number of rotatable bonds is 6. The molecule has 1 unspecified atom stereocenters. The van der Waals surface area contributed by atoms with Crippen molar-refractivity contribution >= 4 is 11.4 Å². The summed E-state index contributed by atoms with van der Waals surface area (Å²) in [7, 11) is 2.06. The summed E-state index contributed by atoms with van der Waals surface area (Å²) in [5.41, 5.74) is 4.10. The number of fused-ring (bicyclic) bond motifs is 1. The molecule has 0 fully saturated rings. The van der Waals surface area contributed by atoms with Gasteiger partial charge in [0.25, 0.3) is 0 Å². The first kappa shape index (κ1) is 16.0. The van der Waals surface area contributed by atoms with Crippen LogP contribution in [-0.2, 0) is 0 Å². The van der Waals surface area contributed by atoms with Crippen LogP contribution in [0.15, 0.2) is 40.5 Å². The van der Waals surface area contributed by atoms with Crippen LogP contribution in [0.1, 0.15) is 47.0 Å². The Bertz CT molecular complexity index is 1030. The Balaban J connectivity index is 2.20. The lowest BCUT2D eigenvalue weighted by atomic mass is 9.85. The normalized spacial score (nSPS) is 17.8. The van der Waals surface area contributed by atoms with Crippen molar-refractivity contribution in [1.29, 1.82) is 0 Å². The van der Waals surface area contributed by atoms with Gasteiger partial charge in [0.15, 0.2) is 23.0 Å². The van der Waals surface area contributed by atoms with Crippen molar-refractivity contribution in [3.8, 4) is 23.0 Å². The van der Waals surface area contributed by atoms with E-state index in [1.165, 1.54) is 7.11 Å². The van der Waals surface area contributed by atoms with Gasteiger partial charge < -0.3 is 18.9 Å². The molecule has 6 nitrogen and oxygen atoms in total. The summed E-state index contributed by atoms with van der Waals surface area (Å²) in [5.74, 6) is 1.69. The molecule has 0 aromatic heterocycles. The lowest BCUT2D eigenvalue weighted by Crippen LogP contribution is -2.13. The summed E-state index contributed by atoms with van der Waals surface area (Å²) in [5, 5.41) is 8.98. The van der Waals surface area contributed by atoms with Gasteiger partial charge in [-0.25, -0.2) is 0 Å². The van der Waals surface area contributed by atoms with Crippen LogP contribution in [0.2, 0.25) is 0 Å². The average molecular weight is 385 g/mol. The SMILES string of the molecule is [2H]C([2H])([2H])Oc1ccc(C2=NN=C(C)C(CC)c3cc(OC)c(OC)cc32)cc1OC. The second-order valence-corrected chi connectivity index (χ2v) is 6.41. The van der Waals surface area contributed by atoms with Crippen molar-refractivity contribution in [2.75, 3.05) is 28.4 Å². The molecule has 3 rings (SSSR count). The van der Waals surface area contributed by atoms with Gasteiger partial charge in [0.2, 0.25) is 0 Å². The van der Waals surface area contributed by atoms with Gasteiger partial charge in [-0.3, -0.25) is 0 Å². The molecule has 1 atom stereocenters. The summed E-state index contributed by atoms with van der Waals surface area (Å²) in [4.78, 5) is 0. The van der Waals surface area contributed by atoms with Crippen LogP contribution < -0.4 is 18.9 Å². The minimum Gasteiger partial charge on any atom is -0.493 e. The van der Waals surface area contributed by atoms with E-state index in [9.17, 15) is 0 Å². The van der Waals surface area contributed by atoms with Crippen molar-refractivity contribution < 1.29 is 23.1 Å². The summed E-state index contributed by atoms with van der Waals surface area (Å²) < 4.78 is 43.5. The van der Waals surface area contributed by atoms with Gasteiger partial charge in [0, 0.05) is 22.8 Å². The van der Waals surface area contributed by atoms with Crippen LogP contribution in [-0.4, -0.2) is 39.8 Å². The highest BCUT2D eigenvalue weighted by Gasteiger charge is 2.26. The Labute approximate surface area is 170 Å². The second kappa shape index (κ2) is 8.33. The van der Waals surface area contributed by atoms with E-state index < -0.39 is 7.04 Å². The number of ether oxygens (including phenoxy) is 4. The van der Waals surface area contributed by atoms with Gasteiger partial charge in [-0.2, -0.15) is 5.10 Å². The van der Waals surface area contributed by atoms with Crippen LogP contribution in [0.3, 0.4) is 0 Å². The zero-order chi connectivity index (χ0) is 22.8. The fourth-order valence-corrected chi connectivity index (χ4v) is 3.49. The maximum atomic E-state index is 7.35. The van der Waals surface area contributed by atoms with Crippen molar-refractivity contribution in [2.24, 2.45) is 10.2 Å². The molecular weight excluding hydrogens is 356 g/mol. The highest BCUT2D eigenvalue weighted by molar-refractivity contribution is 6.16. The third-order valence-corrected chi connectivity index (χ3v) is 4.95. The highest BCUT2D eigenvalue weighted by atomic mass is 16.5. The van der Waals surface area contributed by atoms with Crippen molar-refractivity contribution in [3.63, 3.8) is 0 Å². The largest absolute Gasteiger partial charge is 0.493 e. The predicted octanol–water partition coefficient (Wildman–Crippen LogP) is 4.44. The molecule has 2 aromatic rings. The molecule has 6 heteroatoms. The molecule has 0 N–H and O–H groups in total. The zero-order valence-corrected chi connectivity index (χ0v) is 16.7. The first-order valence-electron chi connectivity index (χ1n) is 10.5. The molecule has 0 aliphatic carbocycles. The van der Waals surface area contributed by atoms with Crippen LogP contribution in [0.5, 0.6) is 23.0 Å². The Morgan fingerprint density at radius 1 is 0.893 bits per heavy atom. The Morgan fingerprint density at radius 2 is 1.57 bits per heavy atom. The molecule has 148 valence electrons. The van der Waals surface area contributed by atoms with Crippen molar-refractivity contribution in [2.45, 2.75) is 26.2 Å². The molecule has 28 heavy (non-hydrogen) atoms. The molecule has 0 radical (unpaired) electrons. The monoisotopic (exact) mass is 385 g/mol. The van der Waals surface area contributed by atoms with Gasteiger partial charge in [-0.05, 0) is 49.2 Å². The highest BCUT2D eigenvalue weighted by Crippen LogP contribution is 2.39. The van der Waals surface area contributed by atoms with Crippen LogP contribution >= 0.6 is 0 Å². The quantitative estimate of drug-likeness (QED) is 0.737. The number of hydrogen-bond donors (Lipinski definition) is 0. The third-order valence-electron chi connectivity index (χ3n) is 4.95. The van der Waals surface area contributed by atoms with E-state index in [1.807, 2.05) is 19.1 Å². The van der Waals surface area contributed by atoms with E-state index in [4.69, 9.17) is 23.1 Å². The molecule has 1 heterocycles. The molecule has 0 bridgehead atoms. The van der Waals surface area contributed by atoms with E-state index in [1.54, 1.807) is 32.4 Å². The summed E-state index contributed by atoms with van der Waals surface area (Å²) in [6, 6.07) is 8.84. The Hall–Kier alpha value is -3.02. The summed E-state index contributed by atoms with van der Waals surface area (Å²) >= 11 is 0. The average Bonchev–Trinajstić information content (AvgIpc) is 2.87. The van der Waals surface area contributed by atoms with Gasteiger partial charge in [0.1, 0.15) is 5.71 Å². The van der Waals surface area contributed by atoms with Crippen LogP contribution in [0, 0.1) is 0 Å². The van der Waals surface area contributed by atoms with E-state index >= 15 is 0 Å². The van der Waals surface area contributed by atoms with E-state index in [0.717, 1.165) is 23.3 Å². The maximum absolute atomic E-state index is 7.35. The molecule has 0 saturated carbocycles. The lowest BCUT2D eigenvalue weighted by molar-refractivity contribution is 0.354. The number of benzene rings is 2. The summed E-state index contributed by atoms with van der Waals surface area (Å²) in [6.07, 6.45) is 0.843. The van der Waals surface area contributed by atoms with E-state index in [2.05, 4.69) is 17.1 Å². The Kier molecular flexibility index (Phi) is 4.76. The number of methoxy groups -OCH3 is 4. The maximum Gasteiger partial charge on any atom is 0.161 e.